The third kappa shape index (κ3) is 3.85. The Morgan fingerprint density at radius 3 is 2.64 bits per heavy atom. The molecule has 1 aromatic carbocycles. The van der Waals surface area contributed by atoms with Crippen molar-refractivity contribution < 1.29 is 13.2 Å². The molecule has 0 radical (unpaired) electrons. The summed E-state index contributed by atoms with van der Waals surface area (Å²) in [7, 11) is -3.35. The van der Waals surface area contributed by atoms with Gasteiger partial charge in [0, 0.05) is 22.6 Å². The molecular formula is C14H12BrClN2O3S. The van der Waals surface area contributed by atoms with Gasteiger partial charge >= 0.3 is 0 Å². The lowest BCUT2D eigenvalue weighted by Crippen LogP contribution is -2.14. The molecule has 2 aromatic rings. The molecule has 116 valence electrons. The third-order valence-corrected chi connectivity index (χ3v) is 4.78. The number of aryl methyl sites for hydroxylation is 1. The van der Waals surface area contributed by atoms with Crippen molar-refractivity contribution in [1.29, 1.82) is 0 Å². The van der Waals surface area contributed by atoms with Crippen LogP contribution in [-0.4, -0.2) is 25.6 Å². The SMILES string of the molecule is Cc1ccc(S(C)(=O)=O)cc1NC(=O)c1cc(Br)cnc1Cl. The number of carbonyl (C=O) groups is 1. The first-order valence-electron chi connectivity index (χ1n) is 6.11. The van der Waals surface area contributed by atoms with Crippen LogP contribution < -0.4 is 5.32 Å². The Kier molecular flexibility index (Phi) is 4.89. The maximum atomic E-state index is 12.3. The van der Waals surface area contributed by atoms with E-state index in [2.05, 4.69) is 26.2 Å². The van der Waals surface area contributed by atoms with Crippen LogP contribution in [0.1, 0.15) is 15.9 Å². The molecule has 0 saturated carbocycles. The highest BCUT2D eigenvalue weighted by molar-refractivity contribution is 9.10. The Hall–Kier alpha value is -1.44. The summed E-state index contributed by atoms with van der Waals surface area (Å²) in [5, 5.41) is 2.73. The molecule has 0 fully saturated rings. The molecule has 0 aliphatic heterocycles. The van der Waals surface area contributed by atoms with Crippen LogP contribution in [0, 0.1) is 6.92 Å². The number of sulfone groups is 1. The van der Waals surface area contributed by atoms with Gasteiger partial charge in [-0.1, -0.05) is 17.7 Å². The minimum Gasteiger partial charge on any atom is -0.322 e. The first kappa shape index (κ1) is 16.9. The van der Waals surface area contributed by atoms with Gasteiger partial charge in [0.2, 0.25) is 0 Å². The second kappa shape index (κ2) is 6.36. The van der Waals surface area contributed by atoms with Gasteiger partial charge in [0.1, 0.15) is 5.15 Å². The molecule has 22 heavy (non-hydrogen) atoms. The summed E-state index contributed by atoms with van der Waals surface area (Å²) in [5.74, 6) is -0.465. The fraction of sp³-hybridized carbons (Fsp3) is 0.143. The van der Waals surface area contributed by atoms with Crippen LogP contribution in [0.15, 0.2) is 39.8 Å². The minimum atomic E-state index is -3.35. The zero-order chi connectivity index (χ0) is 16.5. The van der Waals surface area contributed by atoms with E-state index in [0.717, 1.165) is 11.8 Å². The summed E-state index contributed by atoms with van der Waals surface area (Å²) in [6.45, 7) is 1.77. The average Bonchev–Trinajstić information content (AvgIpc) is 2.42. The minimum absolute atomic E-state index is 0.0672. The maximum absolute atomic E-state index is 12.3. The van der Waals surface area contributed by atoms with Gasteiger partial charge in [-0.25, -0.2) is 13.4 Å². The summed E-state index contributed by atoms with van der Waals surface area (Å²) in [4.78, 5) is 16.3. The molecule has 0 saturated heterocycles. The smallest absolute Gasteiger partial charge is 0.258 e. The zero-order valence-electron chi connectivity index (χ0n) is 11.7. The fourth-order valence-electron chi connectivity index (χ4n) is 1.74. The van der Waals surface area contributed by atoms with Crippen molar-refractivity contribution in [2.75, 3.05) is 11.6 Å². The number of amides is 1. The molecule has 1 N–H and O–H groups in total. The van der Waals surface area contributed by atoms with Gasteiger partial charge in [-0.2, -0.15) is 0 Å². The van der Waals surface area contributed by atoms with Crippen LogP contribution in [0.5, 0.6) is 0 Å². The second-order valence-electron chi connectivity index (χ2n) is 4.69. The number of hydrogen-bond acceptors (Lipinski definition) is 4. The molecule has 1 heterocycles. The average molecular weight is 404 g/mol. The zero-order valence-corrected chi connectivity index (χ0v) is 14.9. The fourth-order valence-corrected chi connectivity index (χ4v) is 2.91. The van der Waals surface area contributed by atoms with E-state index in [1.165, 1.54) is 18.3 Å². The summed E-state index contributed by atoms with van der Waals surface area (Å²) in [6, 6.07) is 6.09. The topological polar surface area (TPSA) is 76.1 Å². The van der Waals surface area contributed by atoms with Crippen molar-refractivity contribution in [2.24, 2.45) is 0 Å². The number of rotatable bonds is 3. The molecule has 0 spiro atoms. The first-order chi connectivity index (χ1) is 10.2. The van der Waals surface area contributed by atoms with Crippen LogP contribution in [0.25, 0.3) is 0 Å². The quantitative estimate of drug-likeness (QED) is 0.796. The molecule has 0 bridgehead atoms. The van der Waals surface area contributed by atoms with Crippen molar-refractivity contribution in [2.45, 2.75) is 11.8 Å². The van der Waals surface area contributed by atoms with Crippen molar-refractivity contribution in [3.63, 3.8) is 0 Å². The molecule has 1 amide bonds. The van der Waals surface area contributed by atoms with E-state index < -0.39 is 15.7 Å². The van der Waals surface area contributed by atoms with Crippen LogP contribution in [-0.2, 0) is 9.84 Å². The number of halogens is 2. The highest BCUT2D eigenvalue weighted by Gasteiger charge is 2.15. The maximum Gasteiger partial charge on any atom is 0.258 e. The molecule has 0 unspecified atom stereocenters. The van der Waals surface area contributed by atoms with E-state index in [-0.39, 0.29) is 15.6 Å². The molecule has 1 aromatic heterocycles. The van der Waals surface area contributed by atoms with Crippen molar-refractivity contribution in [1.82, 2.24) is 4.98 Å². The highest BCUT2D eigenvalue weighted by Crippen LogP contribution is 2.23. The Morgan fingerprint density at radius 1 is 1.32 bits per heavy atom. The Balaban J connectivity index is 2.38. The van der Waals surface area contributed by atoms with Gasteiger partial charge in [-0.3, -0.25) is 4.79 Å². The van der Waals surface area contributed by atoms with Crippen LogP contribution in [0.3, 0.4) is 0 Å². The van der Waals surface area contributed by atoms with Crippen LogP contribution in [0.2, 0.25) is 5.15 Å². The lowest BCUT2D eigenvalue weighted by Gasteiger charge is -2.11. The van der Waals surface area contributed by atoms with Gasteiger partial charge in [0.15, 0.2) is 9.84 Å². The van der Waals surface area contributed by atoms with E-state index in [9.17, 15) is 13.2 Å². The summed E-state index contributed by atoms with van der Waals surface area (Å²) < 4.78 is 23.8. The van der Waals surface area contributed by atoms with Crippen molar-refractivity contribution in [3.05, 3.63) is 51.2 Å². The highest BCUT2D eigenvalue weighted by atomic mass is 79.9. The van der Waals surface area contributed by atoms with E-state index >= 15 is 0 Å². The number of nitrogens with one attached hydrogen (secondary N) is 1. The molecule has 8 heteroatoms. The van der Waals surface area contributed by atoms with E-state index in [0.29, 0.717) is 10.2 Å². The van der Waals surface area contributed by atoms with E-state index in [4.69, 9.17) is 11.6 Å². The van der Waals surface area contributed by atoms with Gasteiger partial charge in [-0.15, -0.1) is 0 Å². The number of nitrogens with zero attached hydrogens (tertiary/aromatic N) is 1. The predicted molar refractivity (Wildman–Crippen MR) is 89.2 cm³/mol. The molecule has 0 aliphatic rings. The lowest BCUT2D eigenvalue weighted by molar-refractivity contribution is 0.102. The molecule has 2 rings (SSSR count). The molecule has 0 atom stereocenters. The summed E-state index contributed by atoms with van der Waals surface area (Å²) in [5.41, 5.74) is 1.34. The number of pyridine rings is 1. The monoisotopic (exact) mass is 402 g/mol. The van der Waals surface area contributed by atoms with Crippen LogP contribution in [0.4, 0.5) is 5.69 Å². The van der Waals surface area contributed by atoms with Gasteiger partial charge in [-0.05, 0) is 46.6 Å². The van der Waals surface area contributed by atoms with Gasteiger partial charge < -0.3 is 5.32 Å². The van der Waals surface area contributed by atoms with Crippen molar-refractivity contribution in [3.8, 4) is 0 Å². The van der Waals surface area contributed by atoms with E-state index in [1.54, 1.807) is 19.1 Å². The lowest BCUT2D eigenvalue weighted by atomic mass is 10.2. The number of carbonyl (C=O) groups excluding carboxylic acids is 1. The largest absolute Gasteiger partial charge is 0.322 e. The number of hydrogen-bond donors (Lipinski definition) is 1. The number of aromatic nitrogens is 1. The molecule has 5 nitrogen and oxygen atoms in total. The molecular weight excluding hydrogens is 392 g/mol. The van der Waals surface area contributed by atoms with E-state index in [1.807, 2.05) is 0 Å². The predicted octanol–water partition coefficient (Wildman–Crippen LogP) is 3.46. The first-order valence-corrected chi connectivity index (χ1v) is 9.18. The van der Waals surface area contributed by atoms with Gasteiger partial charge in [0.05, 0.1) is 10.5 Å². The number of benzene rings is 1. The Morgan fingerprint density at radius 2 is 2.00 bits per heavy atom. The molecule has 0 aliphatic carbocycles. The third-order valence-electron chi connectivity index (χ3n) is 2.94. The standard InChI is InChI=1S/C14H12BrClN2O3S/c1-8-3-4-10(22(2,20)21)6-12(8)18-14(19)11-5-9(15)7-17-13(11)16/h3-7H,1-2H3,(H,18,19). The summed E-state index contributed by atoms with van der Waals surface area (Å²) in [6.07, 6.45) is 2.59. The Labute approximate surface area is 141 Å². The van der Waals surface area contributed by atoms with Crippen LogP contribution >= 0.6 is 27.5 Å². The summed E-state index contributed by atoms with van der Waals surface area (Å²) >= 11 is 9.13. The normalized spacial score (nSPS) is 11.3. The Bertz CT molecular complexity index is 853. The second-order valence-corrected chi connectivity index (χ2v) is 7.98. The van der Waals surface area contributed by atoms with Crippen molar-refractivity contribution >= 4 is 49.0 Å². The van der Waals surface area contributed by atoms with Gasteiger partial charge in [0.25, 0.3) is 5.91 Å². The number of anilines is 1.